The van der Waals surface area contributed by atoms with Gasteiger partial charge in [-0.25, -0.2) is 4.79 Å². The van der Waals surface area contributed by atoms with Crippen LogP contribution in [0.2, 0.25) is 0 Å². The van der Waals surface area contributed by atoms with Gasteiger partial charge in [-0.05, 0) is 103 Å². The Hall–Kier alpha value is -2.03. The van der Waals surface area contributed by atoms with Gasteiger partial charge in [-0.15, -0.1) is 0 Å². The predicted octanol–water partition coefficient (Wildman–Crippen LogP) is 10.3. The zero-order chi connectivity index (χ0) is 28.3. The molecule has 220 valence electrons. The van der Waals surface area contributed by atoms with Crippen molar-refractivity contribution in [3.8, 4) is 0 Å². The van der Waals surface area contributed by atoms with Gasteiger partial charge in [-0.3, -0.25) is 0 Å². The topological polar surface area (TPSA) is 35.5 Å². The minimum Gasteiger partial charge on any atom is -0.431 e. The first-order valence-corrected chi connectivity index (χ1v) is 16.4. The Balaban J connectivity index is 1.16. The Labute approximate surface area is 244 Å². The molecular weight excluding hydrogens is 492 g/mol. The molecule has 0 saturated heterocycles. The van der Waals surface area contributed by atoms with E-state index in [0.717, 1.165) is 60.3 Å². The van der Waals surface area contributed by atoms with Crippen LogP contribution in [0.1, 0.15) is 111 Å². The molecule has 3 fully saturated rings. The second kappa shape index (κ2) is 12.5. The highest BCUT2D eigenvalue weighted by molar-refractivity contribution is 5.60. The van der Waals surface area contributed by atoms with Gasteiger partial charge < -0.3 is 9.47 Å². The smallest absolute Gasteiger partial charge is 0.431 e. The first kappa shape index (κ1) is 29.5. The van der Waals surface area contributed by atoms with E-state index in [-0.39, 0.29) is 18.1 Å². The molecule has 1 aromatic rings. The summed E-state index contributed by atoms with van der Waals surface area (Å²) >= 11 is 0. The fourth-order valence-electron chi connectivity index (χ4n) is 9.79. The number of carbonyl (C=O) groups excluding carboxylic acids is 1. The molecule has 3 nitrogen and oxygen atoms in total. The zero-order valence-corrected chi connectivity index (χ0v) is 25.9. The van der Waals surface area contributed by atoms with Gasteiger partial charge >= 0.3 is 6.16 Å². The number of benzene rings is 1. The average molecular weight is 547 g/mol. The van der Waals surface area contributed by atoms with Crippen LogP contribution in [0, 0.1) is 46.3 Å². The molecule has 0 radical (unpaired) electrons. The molecule has 0 aromatic heterocycles. The lowest BCUT2D eigenvalue weighted by atomic mass is 9.47. The van der Waals surface area contributed by atoms with Gasteiger partial charge in [0.25, 0.3) is 0 Å². The summed E-state index contributed by atoms with van der Waals surface area (Å²) < 4.78 is 11.2. The molecule has 4 unspecified atom stereocenters. The van der Waals surface area contributed by atoms with Crippen molar-refractivity contribution in [2.24, 2.45) is 46.3 Å². The molecule has 3 saturated carbocycles. The van der Waals surface area contributed by atoms with E-state index in [1.54, 1.807) is 5.57 Å². The van der Waals surface area contributed by atoms with Crippen molar-refractivity contribution in [2.75, 3.05) is 6.61 Å². The third-order valence-electron chi connectivity index (χ3n) is 11.9. The van der Waals surface area contributed by atoms with E-state index >= 15 is 0 Å². The van der Waals surface area contributed by atoms with Crippen LogP contribution in [0.15, 0.2) is 48.1 Å². The van der Waals surface area contributed by atoms with Crippen molar-refractivity contribution < 1.29 is 14.3 Å². The Morgan fingerprint density at radius 2 is 1.80 bits per heavy atom. The zero-order valence-electron chi connectivity index (χ0n) is 25.9. The first-order valence-electron chi connectivity index (χ1n) is 16.4. The van der Waals surface area contributed by atoms with Crippen LogP contribution < -0.4 is 0 Å². The van der Waals surface area contributed by atoms with E-state index in [2.05, 4.69) is 40.7 Å². The number of hydrogen-bond acceptors (Lipinski definition) is 3. The molecule has 0 amide bonds. The maximum atomic E-state index is 12.4. The number of allylic oxidation sites excluding steroid dienone is 1. The molecule has 0 heterocycles. The Bertz CT molecular complexity index is 1060. The van der Waals surface area contributed by atoms with Crippen molar-refractivity contribution in [1.29, 1.82) is 0 Å². The number of rotatable bonds is 9. The molecule has 0 bridgehead atoms. The van der Waals surface area contributed by atoms with Crippen LogP contribution in [0.5, 0.6) is 0 Å². The SMILES string of the molecule is CC(C)CCC[C@@H](C)[C@H]1CCC2C3CC=C4CC(OC(=O)OCC=Cc5ccccc5)CC[C@]4(C)C3CC[C@@]21C. The van der Waals surface area contributed by atoms with Crippen LogP contribution in [0.4, 0.5) is 4.79 Å². The van der Waals surface area contributed by atoms with E-state index in [1.807, 2.05) is 42.5 Å². The maximum Gasteiger partial charge on any atom is 0.508 e. The van der Waals surface area contributed by atoms with Crippen LogP contribution in [0.3, 0.4) is 0 Å². The van der Waals surface area contributed by atoms with Crippen molar-refractivity contribution >= 4 is 12.2 Å². The summed E-state index contributed by atoms with van der Waals surface area (Å²) in [7, 11) is 0. The average Bonchev–Trinajstić information content (AvgIpc) is 3.29. The third-order valence-corrected chi connectivity index (χ3v) is 11.9. The predicted molar refractivity (Wildman–Crippen MR) is 165 cm³/mol. The number of carbonyl (C=O) groups is 1. The highest BCUT2D eigenvalue weighted by Crippen LogP contribution is 2.67. The maximum absolute atomic E-state index is 12.4. The summed E-state index contributed by atoms with van der Waals surface area (Å²) in [5.74, 6) is 5.09. The lowest BCUT2D eigenvalue weighted by Crippen LogP contribution is -2.51. The van der Waals surface area contributed by atoms with Gasteiger partial charge in [0.2, 0.25) is 0 Å². The standard InChI is InChI=1S/C37H54O3/c1-26(2)11-9-12-27(3)32-18-19-33-31-17-16-29-25-30(20-22-36(29,4)34(31)21-23-37(32,33)5)40-35(38)39-24-10-15-28-13-7-6-8-14-28/h6-8,10,13-16,26-27,30-34H,9,11-12,17-25H2,1-5H3/t27-,30?,31?,32-,33?,34?,36+,37-/m1/s1. The Kier molecular flexibility index (Phi) is 9.17. The summed E-state index contributed by atoms with van der Waals surface area (Å²) in [6, 6.07) is 10.1. The number of ether oxygens (including phenoxy) is 2. The van der Waals surface area contributed by atoms with Gasteiger partial charge in [-0.2, -0.15) is 0 Å². The second-order valence-electron chi connectivity index (χ2n) is 14.6. The lowest BCUT2D eigenvalue weighted by Gasteiger charge is -2.58. The van der Waals surface area contributed by atoms with E-state index in [4.69, 9.17) is 9.47 Å². The number of fused-ring (bicyclic) bond motifs is 5. The second-order valence-corrected chi connectivity index (χ2v) is 14.6. The lowest BCUT2D eigenvalue weighted by molar-refractivity contribution is -0.0613. The molecule has 0 spiro atoms. The molecular formula is C37H54O3. The van der Waals surface area contributed by atoms with Gasteiger partial charge in [0.05, 0.1) is 0 Å². The highest BCUT2D eigenvalue weighted by atomic mass is 16.7. The van der Waals surface area contributed by atoms with Crippen molar-refractivity contribution in [1.82, 2.24) is 0 Å². The minimum absolute atomic E-state index is 0.0575. The van der Waals surface area contributed by atoms with Crippen molar-refractivity contribution in [2.45, 2.75) is 111 Å². The Morgan fingerprint density at radius 3 is 2.58 bits per heavy atom. The molecule has 40 heavy (non-hydrogen) atoms. The van der Waals surface area contributed by atoms with Crippen molar-refractivity contribution in [3.63, 3.8) is 0 Å². The molecule has 1 aromatic carbocycles. The summed E-state index contributed by atoms with van der Waals surface area (Å²) in [6.45, 7) is 12.8. The fraction of sp³-hybridized carbons (Fsp3) is 0.703. The molecule has 0 aliphatic heterocycles. The molecule has 0 N–H and O–H groups in total. The molecule has 5 rings (SSSR count). The highest BCUT2D eigenvalue weighted by Gasteiger charge is 2.59. The molecule has 8 atom stereocenters. The van der Waals surface area contributed by atoms with Crippen LogP contribution in [-0.2, 0) is 9.47 Å². The number of hydrogen-bond donors (Lipinski definition) is 0. The van der Waals surface area contributed by atoms with E-state index in [9.17, 15) is 4.79 Å². The Morgan fingerprint density at radius 1 is 1.00 bits per heavy atom. The van der Waals surface area contributed by atoms with Crippen molar-refractivity contribution in [3.05, 3.63) is 53.6 Å². The molecule has 4 aliphatic carbocycles. The first-order chi connectivity index (χ1) is 19.2. The van der Waals surface area contributed by atoms with Crippen LogP contribution in [0.25, 0.3) is 6.08 Å². The molecule has 4 aliphatic rings. The normalized spacial score (nSPS) is 36.0. The monoisotopic (exact) mass is 546 g/mol. The summed E-state index contributed by atoms with van der Waals surface area (Å²) in [6.07, 6.45) is 19.9. The quantitative estimate of drug-likeness (QED) is 0.228. The van der Waals surface area contributed by atoms with Crippen LogP contribution in [-0.4, -0.2) is 18.9 Å². The summed E-state index contributed by atoms with van der Waals surface area (Å²) in [4.78, 5) is 12.4. The summed E-state index contributed by atoms with van der Waals surface area (Å²) in [5, 5.41) is 0. The fourth-order valence-corrected chi connectivity index (χ4v) is 9.79. The van der Waals surface area contributed by atoms with Gasteiger partial charge in [0.15, 0.2) is 0 Å². The van der Waals surface area contributed by atoms with Gasteiger partial charge in [0, 0.05) is 6.42 Å². The molecule has 3 heteroatoms. The van der Waals surface area contributed by atoms with Gasteiger partial charge in [-0.1, -0.05) is 102 Å². The third kappa shape index (κ3) is 6.09. The van der Waals surface area contributed by atoms with Crippen LogP contribution >= 0.6 is 0 Å². The van der Waals surface area contributed by atoms with E-state index in [1.165, 1.54) is 51.4 Å². The van der Waals surface area contributed by atoms with E-state index < -0.39 is 6.16 Å². The van der Waals surface area contributed by atoms with E-state index in [0.29, 0.717) is 5.41 Å². The largest absolute Gasteiger partial charge is 0.508 e. The van der Waals surface area contributed by atoms with Gasteiger partial charge in [0.1, 0.15) is 12.7 Å². The minimum atomic E-state index is -0.534. The summed E-state index contributed by atoms with van der Waals surface area (Å²) in [5.41, 5.74) is 3.45.